The van der Waals surface area contributed by atoms with Gasteiger partial charge in [0.15, 0.2) is 6.04 Å². The number of nitrogens with zero attached hydrogens (tertiary/aromatic N) is 3. The highest BCUT2D eigenvalue weighted by Crippen LogP contribution is 2.27. The summed E-state index contributed by atoms with van der Waals surface area (Å²) in [4.78, 5) is 29.5. The van der Waals surface area contributed by atoms with Crippen LogP contribution < -0.4 is 15.1 Å². The van der Waals surface area contributed by atoms with Crippen LogP contribution in [-0.2, 0) is 14.3 Å². The molecular formula is C21H24N4O4. The van der Waals surface area contributed by atoms with Gasteiger partial charge in [-0.15, -0.1) is 0 Å². The Morgan fingerprint density at radius 1 is 1.14 bits per heavy atom. The number of carbonyl (C=O) groups is 2. The fourth-order valence-corrected chi connectivity index (χ4v) is 2.80. The Balaban J connectivity index is 1.81. The molecule has 0 saturated carbocycles. The van der Waals surface area contributed by atoms with E-state index in [4.69, 9.17) is 9.47 Å². The Bertz CT molecular complexity index is 905. The highest BCUT2D eigenvalue weighted by Gasteiger charge is 2.38. The van der Waals surface area contributed by atoms with Crippen LogP contribution in [0.3, 0.4) is 0 Å². The van der Waals surface area contributed by atoms with Gasteiger partial charge in [0.2, 0.25) is 5.88 Å². The number of para-hydroxylation sites is 1. The van der Waals surface area contributed by atoms with Crippen molar-refractivity contribution in [2.75, 3.05) is 17.4 Å². The molecule has 1 aliphatic heterocycles. The topological polar surface area (TPSA) is 93.1 Å². The van der Waals surface area contributed by atoms with Crippen LogP contribution in [0.1, 0.15) is 27.2 Å². The number of aromatic nitrogens is 1. The molecule has 152 valence electrons. The summed E-state index contributed by atoms with van der Waals surface area (Å²) >= 11 is 0. The highest BCUT2D eigenvalue weighted by atomic mass is 16.6. The van der Waals surface area contributed by atoms with Crippen LogP contribution in [-0.4, -0.2) is 41.3 Å². The number of nitrogens with one attached hydrogen (secondary N) is 1. The molecule has 0 saturated heterocycles. The maximum Gasteiger partial charge on any atom is 0.331 e. The Kier molecular flexibility index (Phi) is 5.81. The quantitative estimate of drug-likeness (QED) is 0.781. The number of hydrogen-bond donors (Lipinski definition) is 1. The molecule has 3 rings (SSSR count). The first-order chi connectivity index (χ1) is 13.8. The summed E-state index contributed by atoms with van der Waals surface area (Å²) in [5.74, 6) is -0.385. The lowest BCUT2D eigenvalue weighted by Gasteiger charge is -2.26. The van der Waals surface area contributed by atoms with Crippen molar-refractivity contribution in [3.8, 4) is 5.88 Å². The Labute approximate surface area is 169 Å². The second-order valence-electron chi connectivity index (χ2n) is 7.52. The summed E-state index contributed by atoms with van der Waals surface area (Å²) in [6, 6.07) is 11.8. The molecule has 0 fully saturated rings. The summed E-state index contributed by atoms with van der Waals surface area (Å²) in [6.07, 6.45) is 1.63. The maximum absolute atomic E-state index is 12.7. The lowest BCUT2D eigenvalue weighted by molar-refractivity contribution is -0.156. The first-order valence-electron chi connectivity index (χ1n) is 9.23. The zero-order chi connectivity index (χ0) is 21.0. The van der Waals surface area contributed by atoms with Gasteiger partial charge in [-0.25, -0.2) is 9.78 Å². The van der Waals surface area contributed by atoms with Crippen LogP contribution in [0.4, 0.5) is 11.4 Å². The van der Waals surface area contributed by atoms with E-state index in [1.807, 2.05) is 30.3 Å². The summed E-state index contributed by atoms with van der Waals surface area (Å²) in [5.41, 5.74) is 0.808. The van der Waals surface area contributed by atoms with Crippen molar-refractivity contribution in [2.24, 2.45) is 5.10 Å². The number of ether oxygens (including phenoxy) is 2. The standard InChI is InChI=1S/C21H24N4O4/c1-21(2,3)29-20(27)17-12-16(24-25(17)15-8-6-5-7-9-15)19(26)23-14-10-11-18(28-4)22-13-14/h5-11,13,17H,12H2,1-4H3,(H,23,26). The number of anilines is 2. The second-order valence-corrected chi connectivity index (χ2v) is 7.52. The Morgan fingerprint density at radius 2 is 1.86 bits per heavy atom. The molecule has 29 heavy (non-hydrogen) atoms. The minimum atomic E-state index is -0.716. The molecule has 1 N–H and O–H groups in total. The van der Waals surface area contributed by atoms with Crippen LogP contribution in [0.2, 0.25) is 0 Å². The van der Waals surface area contributed by atoms with Gasteiger partial charge in [0, 0.05) is 12.5 Å². The van der Waals surface area contributed by atoms with Crippen molar-refractivity contribution >= 4 is 29.0 Å². The number of rotatable bonds is 5. The summed E-state index contributed by atoms with van der Waals surface area (Å²) in [7, 11) is 1.52. The van der Waals surface area contributed by atoms with Crippen molar-refractivity contribution in [3.63, 3.8) is 0 Å². The van der Waals surface area contributed by atoms with Crippen LogP contribution in [0.5, 0.6) is 5.88 Å². The van der Waals surface area contributed by atoms with E-state index in [1.54, 1.807) is 32.9 Å². The van der Waals surface area contributed by atoms with Gasteiger partial charge in [-0.05, 0) is 39.0 Å². The number of hydrogen-bond acceptors (Lipinski definition) is 7. The molecule has 0 spiro atoms. The fraction of sp³-hybridized carbons (Fsp3) is 0.333. The zero-order valence-corrected chi connectivity index (χ0v) is 16.9. The molecule has 1 amide bonds. The van der Waals surface area contributed by atoms with E-state index in [9.17, 15) is 9.59 Å². The molecule has 2 aromatic rings. The van der Waals surface area contributed by atoms with Crippen molar-refractivity contribution in [2.45, 2.75) is 38.8 Å². The van der Waals surface area contributed by atoms with Crippen LogP contribution in [0, 0.1) is 0 Å². The third-order valence-electron chi connectivity index (χ3n) is 4.08. The average molecular weight is 396 g/mol. The third kappa shape index (κ3) is 5.10. The minimum Gasteiger partial charge on any atom is -0.481 e. The van der Waals surface area contributed by atoms with Crippen molar-refractivity contribution in [1.29, 1.82) is 0 Å². The van der Waals surface area contributed by atoms with Gasteiger partial charge in [0.1, 0.15) is 11.3 Å². The van der Waals surface area contributed by atoms with E-state index in [-0.39, 0.29) is 12.1 Å². The Hall–Kier alpha value is -3.42. The normalized spacial score (nSPS) is 16.2. The molecule has 8 heteroatoms. The highest BCUT2D eigenvalue weighted by molar-refractivity contribution is 6.44. The molecule has 1 aromatic heterocycles. The molecule has 1 atom stereocenters. The lowest BCUT2D eigenvalue weighted by atomic mass is 10.1. The van der Waals surface area contributed by atoms with Gasteiger partial charge in [-0.3, -0.25) is 9.80 Å². The predicted molar refractivity (Wildman–Crippen MR) is 110 cm³/mol. The number of amides is 1. The van der Waals surface area contributed by atoms with Gasteiger partial charge in [-0.2, -0.15) is 5.10 Å². The summed E-state index contributed by atoms with van der Waals surface area (Å²) in [5, 5.41) is 8.70. The predicted octanol–water partition coefficient (Wildman–Crippen LogP) is 3.01. The SMILES string of the molecule is COc1ccc(NC(=O)C2=NN(c3ccccc3)C(C(=O)OC(C)(C)C)C2)cn1. The number of methoxy groups -OCH3 is 1. The minimum absolute atomic E-state index is 0.138. The van der Waals surface area contributed by atoms with Gasteiger partial charge >= 0.3 is 5.97 Å². The maximum atomic E-state index is 12.7. The first kappa shape index (κ1) is 20.3. The molecule has 1 aromatic carbocycles. The first-order valence-corrected chi connectivity index (χ1v) is 9.23. The molecule has 0 aliphatic carbocycles. The number of pyridine rings is 1. The number of esters is 1. The van der Waals surface area contributed by atoms with Crippen molar-refractivity contribution in [3.05, 3.63) is 48.7 Å². The van der Waals surface area contributed by atoms with E-state index in [1.165, 1.54) is 18.3 Å². The summed E-state index contributed by atoms with van der Waals surface area (Å²) < 4.78 is 10.5. The van der Waals surface area contributed by atoms with Crippen LogP contribution in [0.15, 0.2) is 53.8 Å². The monoisotopic (exact) mass is 396 g/mol. The largest absolute Gasteiger partial charge is 0.481 e. The van der Waals surface area contributed by atoms with Crippen molar-refractivity contribution < 1.29 is 19.1 Å². The lowest BCUT2D eigenvalue weighted by Crippen LogP contribution is -2.40. The molecule has 8 nitrogen and oxygen atoms in total. The fourth-order valence-electron chi connectivity index (χ4n) is 2.80. The molecule has 0 radical (unpaired) electrons. The zero-order valence-electron chi connectivity index (χ0n) is 16.9. The third-order valence-corrected chi connectivity index (χ3v) is 4.08. The van der Waals surface area contributed by atoms with Gasteiger partial charge in [-0.1, -0.05) is 18.2 Å². The van der Waals surface area contributed by atoms with Crippen LogP contribution in [0.25, 0.3) is 0 Å². The number of hydrazone groups is 1. The van der Waals surface area contributed by atoms with Gasteiger partial charge in [0.25, 0.3) is 5.91 Å². The second kappa shape index (κ2) is 8.30. The summed E-state index contributed by atoms with van der Waals surface area (Å²) in [6.45, 7) is 5.41. The van der Waals surface area contributed by atoms with E-state index in [0.717, 1.165) is 0 Å². The van der Waals surface area contributed by atoms with E-state index < -0.39 is 23.5 Å². The Morgan fingerprint density at radius 3 is 2.45 bits per heavy atom. The molecule has 1 aliphatic rings. The molecule has 0 bridgehead atoms. The number of carbonyl (C=O) groups excluding carboxylic acids is 2. The van der Waals surface area contributed by atoms with Crippen molar-refractivity contribution in [1.82, 2.24) is 4.98 Å². The molecular weight excluding hydrogens is 372 g/mol. The molecule has 2 heterocycles. The van der Waals surface area contributed by atoms with Crippen LogP contribution >= 0.6 is 0 Å². The van der Waals surface area contributed by atoms with E-state index in [2.05, 4.69) is 15.4 Å². The smallest absolute Gasteiger partial charge is 0.331 e. The van der Waals surface area contributed by atoms with Gasteiger partial charge < -0.3 is 14.8 Å². The average Bonchev–Trinajstić information content (AvgIpc) is 3.14. The molecule has 1 unspecified atom stereocenters. The van der Waals surface area contributed by atoms with E-state index >= 15 is 0 Å². The van der Waals surface area contributed by atoms with Gasteiger partial charge in [0.05, 0.1) is 24.7 Å². The number of benzene rings is 1. The van der Waals surface area contributed by atoms with E-state index in [0.29, 0.717) is 17.3 Å².